The van der Waals surface area contributed by atoms with Crippen LogP contribution in [0.25, 0.3) is 0 Å². The third-order valence-corrected chi connectivity index (χ3v) is 2.66. The molecule has 1 aliphatic heterocycles. The molecule has 0 aliphatic carbocycles. The molecular weight excluding hydrogens is 168 g/mol. The van der Waals surface area contributed by atoms with E-state index in [1.807, 2.05) is 13.8 Å². The molecule has 78 valence electrons. The Balaban J connectivity index is 2.31. The van der Waals surface area contributed by atoms with Crippen molar-refractivity contribution in [2.45, 2.75) is 38.9 Å². The van der Waals surface area contributed by atoms with Crippen LogP contribution in [0.3, 0.4) is 0 Å². The average Bonchev–Trinajstić information content (AvgIpc) is 2.18. The van der Waals surface area contributed by atoms with E-state index in [1.165, 1.54) is 0 Å². The standard InChI is InChI=1S/C10H20O3/c1-3-13-8(2)10(11)9-4-6-12-7-5-9/h8-11H,3-7H2,1-2H3. The van der Waals surface area contributed by atoms with Gasteiger partial charge in [0.25, 0.3) is 0 Å². The first-order valence-corrected chi connectivity index (χ1v) is 5.13. The molecule has 0 bridgehead atoms. The number of rotatable bonds is 4. The van der Waals surface area contributed by atoms with E-state index >= 15 is 0 Å². The lowest BCUT2D eigenvalue weighted by molar-refractivity contribution is -0.0727. The van der Waals surface area contributed by atoms with E-state index in [1.54, 1.807) is 0 Å². The minimum Gasteiger partial charge on any atom is -0.390 e. The van der Waals surface area contributed by atoms with Crippen LogP contribution in [-0.4, -0.2) is 37.1 Å². The van der Waals surface area contributed by atoms with E-state index in [0.29, 0.717) is 12.5 Å². The largest absolute Gasteiger partial charge is 0.390 e. The first-order valence-electron chi connectivity index (χ1n) is 5.13. The van der Waals surface area contributed by atoms with Gasteiger partial charge >= 0.3 is 0 Å². The summed E-state index contributed by atoms with van der Waals surface area (Å²) in [6, 6.07) is 0. The third-order valence-electron chi connectivity index (χ3n) is 2.66. The van der Waals surface area contributed by atoms with Gasteiger partial charge in [-0.05, 0) is 32.6 Å². The highest BCUT2D eigenvalue weighted by atomic mass is 16.5. The lowest BCUT2D eigenvalue weighted by Gasteiger charge is -2.30. The SMILES string of the molecule is CCOC(C)C(O)C1CCOCC1. The summed E-state index contributed by atoms with van der Waals surface area (Å²) in [6.07, 6.45) is 1.54. The maximum atomic E-state index is 9.89. The Bertz CT molecular complexity index is 132. The Labute approximate surface area is 80.0 Å². The van der Waals surface area contributed by atoms with Gasteiger partial charge in [-0.2, -0.15) is 0 Å². The van der Waals surface area contributed by atoms with Gasteiger partial charge in [-0.15, -0.1) is 0 Å². The second-order valence-corrected chi connectivity index (χ2v) is 3.60. The van der Waals surface area contributed by atoms with Gasteiger partial charge in [-0.1, -0.05) is 0 Å². The molecule has 2 unspecified atom stereocenters. The van der Waals surface area contributed by atoms with E-state index in [-0.39, 0.29) is 12.2 Å². The molecule has 0 aromatic rings. The molecule has 0 aromatic carbocycles. The molecule has 1 rings (SSSR count). The number of ether oxygens (including phenoxy) is 2. The van der Waals surface area contributed by atoms with Gasteiger partial charge in [0.15, 0.2) is 0 Å². The summed E-state index contributed by atoms with van der Waals surface area (Å²) in [6.45, 7) is 6.11. The zero-order chi connectivity index (χ0) is 9.68. The van der Waals surface area contributed by atoms with Crippen LogP contribution >= 0.6 is 0 Å². The Kier molecular flexibility index (Phi) is 4.70. The van der Waals surface area contributed by atoms with Gasteiger partial charge in [0.1, 0.15) is 0 Å². The number of aliphatic hydroxyl groups excluding tert-OH is 1. The van der Waals surface area contributed by atoms with Crippen molar-refractivity contribution in [3.05, 3.63) is 0 Å². The molecule has 0 radical (unpaired) electrons. The van der Waals surface area contributed by atoms with Gasteiger partial charge in [-0.3, -0.25) is 0 Å². The topological polar surface area (TPSA) is 38.7 Å². The minimum atomic E-state index is -0.330. The molecule has 3 nitrogen and oxygen atoms in total. The third kappa shape index (κ3) is 3.25. The molecule has 1 aliphatic rings. The number of aliphatic hydroxyl groups is 1. The summed E-state index contributed by atoms with van der Waals surface area (Å²) in [5, 5.41) is 9.89. The van der Waals surface area contributed by atoms with Gasteiger partial charge in [0.2, 0.25) is 0 Å². The van der Waals surface area contributed by atoms with Crippen LogP contribution in [0.1, 0.15) is 26.7 Å². The van der Waals surface area contributed by atoms with Crippen LogP contribution in [0.4, 0.5) is 0 Å². The normalized spacial score (nSPS) is 24.2. The lowest BCUT2D eigenvalue weighted by Crippen LogP contribution is -2.36. The molecule has 0 aromatic heterocycles. The molecule has 1 fully saturated rings. The minimum absolute atomic E-state index is 0.0481. The first kappa shape index (κ1) is 11.0. The fourth-order valence-electron chi connectivity index (χ4n) is 1.80. The molecule has 3 heteroatoms. The zero-order valence-corrected chi connectivity index (χ0v) is 8.53. The highest BCUT2D eigenvalue weighted by Crippen LogP contribution is 2.21. The van der Waals surface area contributed by atoms with E-state index in [2.05, 4.69) is 0 Å². The Hall–Kier alpha value is -0.120. The molecule has 2 atom stereocenters. The van der Waals surface area contributed by atoms with Crippen molar-refractivity contribution in [3.63, 3.8) is 0 Å². The molecule has 1 saturated heterocycles. The fourth-order valence-corrected chi connectivity index (χ4v) is 1.80. The second kappa shape index (κ2) is 5.58. The van der Waals surface area contributed by atoms with Crippen molar-refractivity contribution in [2.75, 3.05) is 19.8 Å². The van der Waals surface area contributed by atoms with E-state index in [0.717, 1.165) is 26.1 Å². The van der Waals surface area contributed by atoms with E-state index in [9.17, 15) is 5.11 Å². The lowest BCUT2D eigenvalue weighted by atomic mass is 9.91. The summed E-state index contributed by atoms with van der Waals surface area (Å²) in [7, 11) is 0. The average molecular weight is 188 g/mol. The highest BCUT2D eigenvalue weighted by molar-refractivity contribution is 4.76. The van der Waals surface area contributed by atoms with Gasteiger partial charge in [-0.25, -0.2) is 0 Å². The van der Waals surface area contributed by atoms with Crippen LogP contribution in [-0.2, 0) is 9.47 Å². The maximum absolute atomic E-state index is 9.89. The van der Waals surface area contributed by atoms with Crippen LogP contribution in [0.2, 0.25) is 0 Å². The Morgan fingerprint density at radius 2 is 2.08 bits per heavy atom. The van der Waals surface area contributed by atoms with Crippen LogP contribution in [0.15, 0.2) is 0 Å². The number of hydrogen-bond acceptors (Lipinski definition) is 3. The van der Waals surface area contributed by atoms with Crippen LogP contribution < -0.4 is 0 Å². The predicted octanol–water partition coefficient (Wildman–Crippen LogP) is 1.20. The molecule has 1 N–H and O–H groups in total. The van der Waals surface area contributed by atoms with Crippen LogP contribution in [0.5, 0.6) is 0 Å². The van der Waals surface area contributed by atoms with Crippen molar-refractivity contribution in [1.29, 1.82) is 0 Å². The molecule has 0 saturated carbocycles. The summed E-state index contributed by atoms with van der Waals surface area (Å²) < 4.78 is 10.6. The first-order chi connectivity index (χ1) is 6.25. The molecule has 0 spiro atoms. The molecule has 13 heavy (non-hydrogen) atoms. The summed E-state index contributed by atoms with van der Waals surface area (Å²) in [5.74, 6) is 0.357. The van der Waals surface area contributed by atoms with Crippen molar-refractivity contribution < 1.29 is 14.6 Å². The van der Waals surface area contributed by atoms with Crippen molar-refractivity contribution in [2.24, 2.45) is 5.92 Å². The molecule has 0 amide bonds. The van der Waals surface area contributed by atoms with Gasteiger partial charge in [0, 0.05) is 19.8 Å². The monoisotopic (exact) mass is 188 g/mol. The summed E-state index contributed by atoms with van der Waals surface area (Å²) in [4.78, 5) is 0. The van der Waals surface area contributed by atoms with Crippen molar-refractivity contribution in [3.8, 4) is 0 Å². The van der Waals surface area contributed by atoms with E-state index < -0.39 is 0 Å². The van der Waals surface area contributed by atoms with Gasteiger partial charge in [0.05, 0.1) is 12.2 Å². The van der Waals surface area contributed by atoms with Crippen molar-refractivity contribution >= 4 is 0 Å². The zero-order valence-electron chi connectivity index (χ0n) is 8.53. The predicted molar refractivity (Wildman–Crippen MR) is 50.6 cm³/mol. The Morgan fingerprint density at radius 1 is 1.46 bits per heavy atom. The van der Waals surface area contributed by atoms with Crippen molar-refractivity contribution in [1.82, 2.24) is 0 Å². The molecule has 1 heterocycles. The smallest absolute Gasteiger partial charge is 0.0828 e. The number of hydrogen-bond donors (Lipinski definition) is 1. The van der Waals surface area contributed by atoms with Gasteiger partial charge < -0.3 is 14.6 Å². The molecular formula is C10H20O3. The van der Waals surface area contributed by atoms with Crippen LogP contribution in [0, 0.1) is 5.92 Å². The summed E-state index contributed by atoms with van der Waals surface area (Å²) in [5.41, 5.74) is 0. The summed E-state index contributed by atoms with van der Waals surface area (Å²) >= 11 is 0. The second-order valence-electron chi connectivity index (χ2n) is 3.60. The maximum Gasteiger partial charge on any atom is 0.0828 e. The van der Waals surface area contributed by atoms with E-state index in [4.69, 9.17) is 9.47 Å². The quantitative estimate of drug-likeness (QED) is 0.720. The highest BCUT2D eigenvalue weighted by Gasteiger charge is 2.26. The Morgan fingerprint density at radius 3 is 2.62 bits per heavy atom. The fraction of sp³-hybridized carbons (Fsp3) is 1.00.